The highest BCUT2D eigenvalue weighted by atomic mass is 16.5. The number of ether oxygens (including phenoxy) is 3. The molecule has 0 aromatic heterocycles. The molecule has 0 amide bonds. The van der Waals surface area contributed by atoms with Crippen molar-refractivity contribution in [3.8, 4) is 11.5 Å². The molecular formula is C13H19NO4. The molecule has 0 radical (unpaired) electrons. The van der Waals surface area contributed by atoms with E-state index in [1.54, 1.807) is 13.2 Å². The topological polar surface area (TPSA) is 70.8 Å². The van der Waals surface area contributed by atoms with Crippen molar-refractivity contribution >= 4 is 5.97 Å². The summed E-state index contributed by atoms with van der Waals surface area (Å²) in [5.74, 6) is 0.813. The molecule has 1 aromatic carbocycles. The van der Waals surface area contributed by atoms with Crippen LogP contribution in [0.2, 0.25) is 0 Å². The van der Waals surface area contributed by atoms with Gasteiger partial charge in [-0.25, -0.2) is 0 Å². The number of benzene rings is 1. The Bertz CT molecular complexity index is 406. The smallest absolute Gasteiger partial charge is 0.322 e. The Morgan fingerprint density at radius 3 is 2.67 bits per heavy atom. The fourth-order valence-corrected chi connectivity index (χ4v) is 1.66. The molecule has 100 valence electrons. The van der Waals surface area contributed by atoms with Crippen LogP contribution in [-0.2, 0) is 16.0 Å². The largest absolute Gasteiger partial charge is 0.493 e. The third kappa shape index (κ3) is 3.37. The van der Waals surface area contributed by atoms with Crippen molar-refractivity contribution in [2.24, 2.45) is 5.73 Å². The first-order valence-corrected chi connectivity index (χ1v) is 5.76. The van der Waals surface area contributed by atoms with Crippen molar-refractivity contribution < 1.29 is 19.0 Å². The van der Waals surface area contributed by atoms with Gasteiger partial charge in [-0.15, -0.1) is 0 Å². The average molecular weight is 253 g/mol. The lowest BCUT2D eigenvalue weighted by Gasteiger charge is -2.16. The Kier molecular flexibility index (Phi) is 5.45. The van der Waals surface area contributed by atoms with Crippen LogP contribution in [0, 0.1) is 0 Å². The minimum atomic E-state index is -0.707. The SMILES string of the molecule is CCOc1c(CC(N)C(=O)OC)cccc1OC. The van der Waals surface area contributed by atoms with Crippen molar-refractivity contribution in [1.29, 1.82) is 0 Å². The van der Waals surface area contributed by atoms with E-state index in [4.69, 9.17) is 15.2 Å². The second-order valence-electron chi connectivity index (χ2n) is 3.72. The summed E-state index contributed by atoms with van der Waals surface area (Å²) in [6, 6.07) is 4.79. The van der Waals surface area contributed by atoms with Crippen LogP contribution in [0.4, 0.5) is 0 Å². The lowest BCUT2D eigenvalue weighted by molar-refractivity contribution is -0.142. The number of rotatable bonds is 6. The second-order valence-corrected chi connectivity index (χ2v) is 3.72. The zero-order valence-corrected chi connectivity index (χ0v) is 10.9. The molecule has 5 nitrogen and oxygen atoms in total. The zero-order valence-electron chi connectivity index (χ0n) is 10.9. The summed E-state index contributed by atoms with van der Waals surface area (Å²) in [5, 5.41) is 0. The Morgan fingerprint density at radius 2 is 2.11 bits per heavy atom. The molecule has 0 aliphatic heterocycles. The zero-order chi connectivity index (χ0) is 13.5. The number of carbonyl (C=O) groups excluding carboxylic acids is 1. The molecular weight excluding hydrogens is 234 g/mol. The van der Waals surface area contributed by atoms with Crippen molar-refractivity contribution in [2.75, 3.05) is 20.8 Å². The predicted molar refractivity (Wildman–Crippen MR) is 67.9 cm³/mol. The molecule has 0 bridgehead atoms. The molecule has 0 saturated carbocycles. The van der Waals surface area contributed by atoms with Crippen LogP contribution in [0.5, 0.6) is 11.5 Å². The van der Waals surface area contributed by atoms with Crippen LogP contribution in [-0.4, -0.2) is 32.8 Å². The Balaban J connectivity index is 2.96. The number of para-hydroxylation sites is 1. The fraction of sp³-hybridized carbons (Fsp3) is 0.462. The first-order valence-electron chi connectivity index (χ1n) is 5.76. The van der Waals surface area contributed by atoms with Crippen LogP contribution in [0.3, 0.4) is 0 Å². The number of hydrogen-bond donors (Lipinski definition) is 1. The van der Waals surface area contributed by atoms with E-state index < -0.39 is 12.0 Å². The molecule has 1 atom stereocenters. The van der Waals surface area contributed by atoms with Gasteiger partial charge >= 0.3 is 5.97 Å². The summed E-state index contributed by atoms with van der Waals surface area (Å²) < 4.78 is 15.4. The third-order valence-electron chi connectivity index (χ3n) is 2.51. The summed E-state index contributed by atoms with van der Waals surface area (Å²) in [6.07, 6.45) is 0.346. The minimum Gasteiger partial charge on any atom is -0.493 e. The second kappa shape index (κ2) is 6.86. The quantitative estimate of drug-likeness (QED) is 0.770. The van der Waals surface area contributed by atoms with E-state index in [0.29, 0.717) is 24.5 Å². The van der Waals surface area contributed by atoms with Crippen molar-refractivity contribution in [3.05, 3.63) is 23.8 Å². The number of hydrogen-bond acceptors (Lipinski definition) is 5. The van der Waals surface area contributed by atoms with Gasteiger partial charge in [0.1, 0.15) is 6.04 Å². The summed E-state index contributed by atoms with van der Waals surface area (Å²) in [7, 11) is 2.89. The van der Waals surface area contributed by atoms with Gasteiger partial charge in [0.25, 0.3) is 0 Å². The summed E-state index contributed by atoms with van der Waals surface area (Å²) in [4.78, 5) is 11.3. The minimum absolute atomic E-state index is 0.346. The summed E-state index contributed by atoms with van der Waals surface area (Å²) in [5.41, 5.74) is 6.57. The summed E-state index contributed by atoms with van der Waals surface area (Å²) >= 11 is 0. The molecule has 0 aliphatic rings. The van der Waals surface area contributed by atoms with E-state index in [1.165, 1.54) is 7.11 Å². The number of nitrogens with two attached hydrogens (primary N) is 1. The molecule has 1 aromatic rings. The van der Waals surface area contributed by atoms with Crippen LogP contribution >= 0.6 is 0 Å². The van der Waals surface area contributed by atoms with E-state index >= 15 is 0 Å². The Morgan fingerprint density at radius 1 is 1.39 bits per heavy atom. The van der Waals surface area contributed by atoms with Gasteiger partial charge < -0.3 is 19.9 Å². The molecule has 0 heterocycles. The molecule has 2 N–H and O–H groups in total. The normalized spacial score (nSPS) is 11.8. The molecule has 0 spiro atoms. The monoisotopic (exact) mass is 253 g/mol. The number of esters is 1. The van der Waals surface area contributed by atoms with Crippen molar-refractivity contribution in [2.45, 2.75) is 19.4 Å². The van der Waals surface area contributed by atoms with Crippen LogP contribution in [0.15, 0.2) is 18.2 Å². The Hall–Kier alpha value is -1.75. The highest BCUT2D eigenvalue weighted by Gasteiger charge is 2.18. The number of carbonyl (C=O) groups is 1. The Labute approximate surface area is 107 Å². The molecule has 5 heteroatoms. The summed E-state index contributed by atoms with van der Waals surface area (Å²) in [6.45, 7) is 2.40. The van der Waals surface area contributed by atoms with Crippen LogP contribution in [0.25, 0.3) is 0 Å². The molecule has 18 heavy (non-hydrogen) atoms. The number of methoxy groups -OCH3 is 2. The lowest BCUT2D eigenvalue weighted by atomic mass is 10.0. The highest BCUT2D eigenvalue weighted by Crippen LogP contribution is 2.31. The van der Waals surface area contributed by atoms with Gasteiger partial charge in [0.05, 0.1) is 20.8 Å². The van der Waals surface area contributed by atoms with Gasteiger partial charge in [-0.2, -0.15) is 0 Å². The van der Waals surface area contributed by atoms with E-state index in [2.05, 4.69) is 4.74 Å². The van der Waals surface area contributed by atoms with Gasteiger partial charge in [0, 0.05) is 12.0 Å². The maximum atomic E-state index is 11.3. The predicted octanol–water partition coefficient (Wildman–Crippen LogP) is 1.14. The van der Waals surface area contributed by atoms with E-state index in [-0.39, 0.29) is 0 Å². The van der Waals surface area contributed by atoms with Crippen LogP contribution in [0.1, 0.15) is 12.5 Å². The first-order chi connectivity index (χ1) is 8.63. The first kappa shape index (κ1) is 14.3. The van der Waals surface area contributed by atoms with Gasteiger partial charge in [0.15, 0.2) is 11.5 Å². The fourth-order valence-electron chi connectivity index (χ4n) is 1.66. The molecule has 0 fully saturated rings. The molecule has 0 aliphatic carbocycles. The van der Waals surface area contributed by atoms with Gasteiger partial charge in [0.2, 0.25) is 0 Å². The lowest BCUT2D eigenvalue weighted by Crippen LogP contribution is -2.33. The van der Waals surface area contributed by atoms with Gasteiger partial charge in [-0.05, 0) is 13.0 Å². The van der Waals surface area contributed by atoms with Crippen LogP contribution < -0.4 is 15.2 Å². The van der Waals surface area contributed by atoms with E-state index in [1.807, 2.05) is 19.1 Å². The van der Waals surface area contributed by atoms with E-state index in [0.717, 1.165) is 5.56 Å². The van der Waals surface area contributed by atoms with E-state index in [9.17, 15) is 4.79 Å². The maximum Gasteiger partial charge on any atom is 0.322 e. The average Bonchev–Trinajstić information content (AvgIpc) is 2.39. The van der Waals surface area contributed by atoms with Gasteiger partial charge in [-0.3, -0.25) is 4.79 Å². The van der Waals surface area contributed by atoms with Crippen molar-refractivity contribution in [3.63, 3.8) is 0 Å². The molecule has 1 unspecified atom stereocenters. The molecule has 0 saturated heterocycles. The standard InChI is InChI=1S/C13H19NO4/c1-4-18-12-9(6-5-7-11(12)16-2)8-10(14)13(15)17-3/h5-7,10H,4,8,14H2,1-3H3. The van der Waals surface area contributed by atoms with Crippen molar-refractivity contribution in [1.82, 2.24) is 0 Å². The highest BCUT2D eigenvalue weighted by molar-refractivity contribution is 5.76. The third-order valence-corrected chi connectivity index (χ3v) is 2.51. The van der Waals surface area contributed by atoms with Gasteiger partial charge in [-0.1, -0.05) is 12.1 Å². The molecule has 1 rings (SSSR count). The maximum absolute atomic E-state index is 11.3.